The maximum Gasteiger partial charge on any atom is 0.251 e. The SMILES string of the molecule is O=C(NCCc1ncon1)c1ccc(F)c(S)c1. The Bertz CT molecular complexity index is 545. The van der Waals surface area contributed by atoms with Gasteiger partial charge in [0.25, 0.3) is 5.91 Å². The zero-order chi connectivity index (χ0) is 13.0. The van der Waals surface area contributed by atoms with Crippen molar-refractivity contribution in [2.45, 2.75) is 11.3 Å². The van der Waals surface area contributed by atoms with Crippen molar-refractivity contribution in [2.24, 2.45) is 0 Å². The Morgan fingerprint density at radius 1 is 1.50 bits per heavy atom. The van der Waals surface area contributed by atoms with Gasteiger partial charge >= 0.3 is 0 Å². The van der Waals surface area contributed by atoms with Crippen LogP contribution in [0.2, 0.25) is 0 Å². The van der Waals surface area contributed by atoms with Crippen LogP contribution in [0.25, 0.3) is 0 Å². The fourth-order valence-corrected chi connectivity index (χ4v) is 1.56. The minimum absolute atomic E-state index is 0.140. The summed E-state index contributed by atoms with van der Waals surface area (Å²) in [5.41, 5.74) is 0.356. The topological polar surface area (TPSA) is 68.0 Å². The molecule has 2 rings (SSSR count). The molecule has 0 atom stereocenters. The number of amides is 1. The predicted molar refractivity (Wildman–Crippen MR) is 64.0 cm³/mol. The standard InChI is InChI=1S/C11H10FN3O2S/c12-8-2-1-7(5-9(8)18)11(16)13-4-3-10-14-6-17-15-10/h1-2,5-6,18H,3-4H2,(H,13,16). The number of hydrogen-bond donors (Lipinski definition) is 2. The molecule has 0 aliphatic rings. The first kappa shape index (κ1) is 12.6. The van der Waals surface area contributed by atoms with E-state index in [1.54, 1.807) is 0 Å². The van der Waals surface area contributed by atoms with Gasteiger partial charge in [-0.1, -0.05) is 5.16 Å². The molecule has 0 bridgehead atoms. The van der Waals surface area contributed by atoms with Gasteiger partial charge in [0, 0.05) is 23.4 Å². The third-order valence-corrected chi connectivity index (χ3v) is 2.59. The number of carbonyl (C=O) groups excluding carboxylic acids is 1. The van der Waals surface area contributed by atoms with Gasteiger partial charge in [-0.3, -0.25) is 4.79 Å². The number of hydrogen-bond acceptors (Lipinski definition) is 5. The third-order valence-electron chi connectivity index (χ3n) is 2.25. The van der Waals surface area contributed by atoms with E-state index in [4.69, 9.17) is 0 Å². The molecular formula is C11H10FN3O2S. The second-order valence-electron chi connectivity index (χ2n) is 3.52. The molecule has 0 unspecified atom stereocenters. The quantitative estimate of drug-likeness (QED) is 0.823. The van der Waals surface area contributed by atoms with E-state index in [9.17, 15) is 9.18 Å². The zero-order valence-electron chi connectivity index (χ0n) is 9.26. The van der Waals surface area contributed by atoms with E-state index < -0.39 is 5.82 Å². The van der Waals surface area contributed by atoms with Crippen molar-refractivity contribution >= 4 is 18.5 Å². The minimum atomic E-state index is -0.457. The molecule has 7 heteroatoms. The van der Waals surface area contributed by atoms with Crippen molar-refractivity contribution in [3.05, 3.63) is 41.8 Å². The molecular weight excluding hydrogens is 257 g/mol. The first-order valence-corrected chi connectivity index (χ1v) is 5.63. The average molecular weight is 267 g/mol. The summed E-state index contributed by atoms with van der Waals surface area (Å²) < 4.78 is 17.5. The van der Waals surface area contributed by atoms with E-state index >= 15 is 0 Å². The van der Waals surface area contributed by atoms with Crippen LogP contribution in [-0.2, 0) is 6.42 Å². The molecule has 1 aromatic carbocycles. The number of nitrogens with one attached hydrogen (secondary N) is 1. The molecule has 18 heavy (non-hydrogen) atoms. The second kappa shape index (κ2) is 5.63. The normalized spacial score (nSPS) is 10.3. The molecule has 0 radical (unpaired) electrons. The van der Waals surface area contributed by atoms with E-state index in [-0.39, 0.29) is 10.8 Å². The van der Waals surface area contributed by atoms with E-state index in [0.29, 0.717) is 24.4 Å². The van der Waals surface area contributed by atoms with Gasteiger partial charge in [-0.05, 0) is 18.2 Å². The van der Waals surface area contributed by atoms with Crippen LogP contribution in [0.1, 0.15) is 16.2 Å². The maximum atomic E-state index is 13.0. The lowest BCUT2D eigenvalue weighted by Crippen LogP contribution is -2.26. The Balaban J connectivity index is 1.89. The molecule has 0 saturated carbocycles. The molecule has 1 aromatic heterocycles. The van der Waals surface area contributed by atoms with Crippen molar-refractivity contribution in [3.63, 3.8) is 0 Å². The number of benzene rings is 1. The van der Waals surface area contributed by atoms with Gasteiger partial charge < -0.3 is 9.84 Å². The molecule has 1 heterocycles. The Morgan fingerprint density at radius 2 is 2.33 bits per heavy atom. The molecule has 0 fully saturated rings. The van der Waals surface area contributed by atoms with Crippen LogP contribution in [0, 0.1) is 5.82 Å². The summed E-state index contributed by atoms with van der Waals surface area (Å²) in [6.45, 7) is 0.373. The number of halogens is 1. The highest BCUT2D eigenvalue weighted by Crippen LogP contribution is 2.13. The van der Waals surface area contributed by atoms with Gasteiger partial charge in [0.2, 0.25) is 6.39 Å². The van der Waals surface area contributed by atoms with Gasteiger partial charge in [0.15, 0.2) is 5.82 Å². The predicted octanol–water partition coefficient (Wildman–Crippen LogP) is 1.47. The summed E-state index contributed by atoms with van der Waals surface area (Å²) in [6, 6.07) is 3.98. The lowest BCUT2D eigenvalue weighted by atomic mass is 10.2. The lowest BCUT2D eigenvalue weighted by Gasteiger charge is -2.04. The van der Waals surface area contributed by atoms with Crippen molar-refractivity contribution in [1.82, 2.24) is 15.5 Å². The Labute approximate surface area is 108 Å². The summed E-state index contributed by atoms with van der Waals surface area (Å²) in [7, 11) is 0. The minimum Gasteiger partial charge on any atom is -0.352 e. The zero-order valence-corrected chi connectivity index (χ0v) is 10.2. The third kappa shape index (κ3) is 3.07. The van der Waals surface area contributed by atoms with Crippen LogP contribution in [0.15, 0.2) is 34.0 Å². The highest BCUT2D eigenvalue weighted by molar-refractivity contribution is 7.80. The maximum absolute atomic E-state index is 13.0. The van der Waals surface area contributed by atoms with E-state index in [2.05, 4.69) is 32.6 Å². The Hall–Kier alpha value is -1.89. The average Bonchev–Trinajstić information content (AvgIpc) is 2.85. The van der Waals surface area contributed by atoms with Crippen molar-refractivity contribution in [1.29, 1.82) is 0 Å². The highest BCUT2D eigenvalue weighted by atomic mass is 32.1. The summed E-state index contributed by atoms with van der Waals surface area (Å²) >= 11 is 3.91. The van der Waals surface area contributed by atoms with E-state index in [0.717, 1.165) is 0 Å². The summed E-state index contributed by atoms with van der Waals surface area (Å²) in [5.74, 6) is -0.236. The first-order valence-electron chi connectivity index (χ1n) is 5.19. The fourth-order valence-electron chi connectivity index (χ4n) is 1.35. The number of aromatic nitrogens is 2. The number of thiol groups is 1. The molecule has 2 aromatic rings. The first-order chi connectivity index (χ1) is 8.66. The molecule has 1 N–H and O–H groups in total. The number of carbonyl (C=O) groups is 1. The van der Waals surface area contributed by atoms with Crippen LogP contribution >= 0.6 is 12.6 Å². The van der Waals surface area contributed by atoms with Gasteiger partial charge in [0.1, 0.15) is 5.82 Å². The fraction of sp³-hybridized carbons (Fsp3) is 0.182. The molecule has 94 valence electrons. The summed E-state index contributed by atoms with van der Waals surface area (Å²) in [6.07, 6.45) is 1.70. The van der Waals surface area contributed by atoms with Gasteiger partial charge in [-0.15, -0.1) is 12.6 Å². The second-order valence-corrected chi connectivity index (χ2v) is 4.00. The van der Waals surface area contributed by atoms with E-state index in [1.807, 2.05) is 0 Å². The van der Waals surface area contributed by atoms with Crippen molar-refractivity contribution in [2.75, 3.05) is 6.54 Å². The van der Waals surface area contributed by atoms with Crippen LogP contribution in [0.5, 0.6) is 0 Å². The molecule has 0 aliphatic carbocycles. The van der Waals surface area contributed by atoms with Gasteiger partial charge in [-0.25, -0.2) is 4.39 Å². The summed E-state index contributed by atoms with van der Waals surface area (Å²) in [4.78, 5) is 15.7. The lowest BCUT2D eigenvalue weighted by molar-refractivity contribution is 0.0953. The smallest absolute Gasteiger partial charge is 0.251 e. The van der Waals surface area contributed by atoms with Crippen LogP contribution in [-0.4, -0.2) is 22.6 Å². The Kier molecular flexibility index (Phi) is 3.93. The molecule has 0 saturated heterocycles. The van der Waals surface area contributed by atoms with Crippen LogP contribution in [0.4, 0.5) is 4.39 Å². The summed E-state index contributed by atoms with van der Waals surface area (Å²) in [5, 5.41) is 6.28. The molecule has 0 spiro atoms. The Morgan fingerprint density at radius 3 is 3.00 bits per heavy atom. The largest absolute Gasteiger partial charge is 0.352 e. The van der Waals surface area contributed by atoms with Crippen LogP contribution < -0.4 is 5.32 Å². The van der Waals surface area contributed by atoms with E-state index in [1.165, 1.54) is 24.6 Å². The number of nitrogens with zero attached hydrogens (tertiary/aromatic N) is 2. The van der Waals surface area contributed by atoms with Crippen molar-refractivity contribution < 1.29 is 13.7 Å². The monoisotopic (exact) mass is 267 g/mol. The van der Waals surface area contributed by atoms with Gasteiger partial charge in [0.05, 0.1) is 0 Å². The molecule has 0 aliphatic heterocycles. The number of rotatable bonds is 4. The molecule has 1 amide bonds. The van der Waals surface area contributed by atoms with Crippen molar-refractivity contribution in [3.8, 4) is 0 Å². The van der Waals surface area contributed by atoms with Crippen LogP contribution in [0.3, 0.4) is 0 Å². The van der Waals surface area contributed by atoms with Gasteiger partial charge in [-0.2, -0.15) is 4.98 Å². The highest BCUT2D eigenvalue weighted by Gasteiger charge is 2.08. The molecule has 5 nitrogen and oxygen atoms in total.